The van der Waals surface area contributed by atoms with Gasteiger partial charge in [0.25, 0.3) is 5.89 Å². The molecule has 3 aromatic rings. The minimum absolute atomic E-state index is 0.00219. The Bertz CT molecular complexity index is 1210. The zero-order chi connectivity index (χ0) is 22.8. The van der Waals surface area contributed by atoms with Gasteiger partial charge in [0.1, 0.15) is 11.8 Å². The summed E-state index contributed by atoms with van der Waals surface area (Å²) in [5.74, 6) is 1.27. The second-order valence-electron chi connectivity index (χ2n) is 8.03. The fourth-order valence-electron chi connectivity index (χ4n) is 4.04. The monoisotopic (exact) mass is 431 g/mol. The highest BCUT2D eigenvalue weighted by Gasteiger charge is 2.27. The first-order valence-corrected chi connectivity index (χ1v) is 10.6. The SMILES string of the molecule is Cc1c(-c2noc(-c3ccc(OC(C)C)c(C#N)c3)n2)ccc2c1CCNC2C(=O)CN. The van der Waals surface area contributed by atoms with Crippen LogP contribution >= 0.6 is 0 Å². The van der Waals surface area contributed by atoms with Crippen molar-refractivity contribution in [3.05, 3.63) is 52.6 Å². The van der Waals surface area contributed by atoms with E-state index in [1.54, 1.807) is 18.2 Å². The molecule has 0 amide bonds. The van der Waals surface area contributed by atoms with Gasteiger partial charge in [0.2, 0.25) is 5.82 Å². The summed E-state index contributed by atoms with van der Waals surface area (Å²) in [5, 5.41) is 16.9. The number of hydrogen-bond acceptors (Lipinski definition) is 8. The number of carbonyl (C=O) groups is 1. The average molecular weight is 431 g/mol. The molecular formula is C24H25N5O3. The van der Waals surface area contributed by atoms with Gasteiger partial charge in [-0.2, -0.15) is 10.2 Å². The molecule has 2 heterocycles. The summed E-state index contributed by atoms with van der Waals surface area (Å²) in [6.07, 6.45) is 0.765. The van der Waals surface area contributed by atoms with Crippen LogP contribution in [-0.4, -0.2) is 35.1 Å². The lowest BCUT2D eigenvalue weighted by Gasteiger charge is -2.27. The van der Waals surface area contributed by atoms with E-state index in [9.17, 15) is 10.1 Å². The number of aromatic nitrogens is 2. The lowest BCUT2D eigenvalue weighted by Crippen LogP contribution is -2.38. The van der Waals surface area contributed by atoms with Gasteiger partial charge in [-0.05, 0) is 62.1 Å². The van der Waals surface area contributed by atoms with Gasteiger partial charge in [-0.3, -0.25) is 4.79 Å². The Labute approximate surface area is 186 Å². The zero-order valence-corrected chi connectivity index (χ0v) is 18.3. The lowest BCUT2D eigenvalue weighted by atomic mass is 9.86. The van der Waals surface area contributed by atoms with Crippen LogP contribution in [0.15, 0.2) is 34.9 Å². The van der Waals surface area contributed by atoms with Gasteiger partial charge in [-0.15, -0.1) is 0 Å². The lowest BCUT2D eigenvalue weighted by molar-refractivity contribution is -0.120. The third-order valence-corrected chi connectivity index (χ3v) is 5.57. The Morgan fingerprint density at radius 2 is 2.19 bits per heavy atom. The predicted molar refractivity (Wildman–Crippen MR) is 119 cm³/mol. The van der Waals surface area contributed by atoms with Crippen LogP contribution in [0, 0.1) is 18.3 Å². The minimum atomic E-state index is -0.381. The van der Waals surface area contributed by atoms with Gasteiger partial charge in [-0.25, -0.2) is 0 Å². The number of benzene rings is 2. The summed E-state index contributed by atoms with van der Waals surface area (Å²) >= 11 is 0. The van der Waals surface area contributed by atoms with Gasteiger partial charge < -0.3 is 20.3 Å². The highest BCUT2D eigenvalue weighted by atomic mass is 16.5. The number of carbonyl (C=O) groups excluding carboxylic acids is 1. The summed E-state index contributed by atoms with van der Waals surface area (Å²) in [5.41, 5.74) is 10.6. The van der Waals surface area contributed by atoms with Crippen LogP contribution in [-0.2, 0) is 11.2 Å². The summed E-state index contributed by atoms with van der Waals surface area (Å²) in [4.78, 5) is 16.8. The molecule has 2 aromatic carbocycles. The van der Waals surface area contributed by atoms with E-state index >= 15 is 0 Å². The number of rotatable bonds is 6. The topological polar surface area (TPSA) is 127 Å². The number of Topliss-reactive ketones (excluding diaryl/α,β-unsaturated/α-hetero) is 1. The van der Waals surface area contributed by atoms with E-state index in [0.717, 1.165) is 28.7 Å². The molecule has 1 aliphatic rings. The number of nitriles is 1. The van der Waals surface area contributed by atoms with Crippen molar-refractivity contribution in [2.45, 2.75) is 39.3 Å². The summed E-state index contributed by atoms with van der Waals surface area (Å²) in [6, 6.07) is 10.8. The highest BCUT2D eigenvalue weighted by Crippen LogP contribution is 2.33. The summed E-state index contributed by atoms with van der Waals surface area (Å²) in [6.45, 7) is 6.52. The number of ether oxygens (including phenoxy) is 1. The fourth-order valence-corrected chi connectivity index (χ4v) is 4.04. The molecule has 32 heavy (non-hydrogen) atoms. The Hall–Kier alpha value is -3.54. The van der Waals surface area contributed by atoms with Crippen molar-refractivity contribution >= 4 is 5.78 Å². The molecule has 1 unspecified atom stereocenters. The van der Waals surface area contributed by atoms with Gasteiger partial charge in [0.05, 0.1) is 24.3 Å². The van der Waals surface area contributed by atoms with Crippen LogP contribution in [0.1, 0.15) is 42.1 Å². The maximum Gasteiger partial charge on any atom is 0.258 e. The van der Waals surface area contributed by atoms with Crippen molar-refractivity contribution in [3.8, 4) is 34.7 Å². The molecule has 0 spiro atoms. The molecule has 0 bridgehead atoms. The Balaban J connectivity index is 1.68. The van der Waals surface area contributed by atoms with Crippen molar-refractivity contribution in [1.82, 2.24) is 15.5 Å². The van der Waals surface area contributed by atoms with Crippen LogP contribution in [0.5, 0.6) is 5.75 Å². The third-order valence-electron chi connectivity index (χ3n) is 5.57. The molecule has 0 saturated heterocycles. The largest absolute Gasteiger partial charge is 0.490 e. The quantitative estimate of drug-likeness (QED) is 0.609. The molecular weight excluding hydrogens is 406 g/mol. The van der Waals surface area contributed by atoms with E-state index < -0.39 is 0 Å². The Morgan fingerprint density at radius 1 is 1.38 bits per heavy atom. The van der Waals surface area contributed by atoms with Crippen molar-refractivity contribution in [2.24, 2.45) is 5.73 Å². The van der Waals surface area contributed by atoms with Gasteiger partial charge in [0, 0.05) is 17.7 Å². The number of nitrogens with one attached hydrogen (secondary N) is 1. The fraction of sp³-hybridized carbons (Fsp3) is 0.333. The first kappa shape index (κ1) is 21.7. The normalized spacial score (nSPS) is 15.3. The van der Waals surface area contributed by atoms with E-state index in [4.69, 9.17) is 15.0 Å². The molecule has 1 aromatic heterocycles. The standard InChI is InChI=1S/C24H25N5O3/c1-13(2)31-21-7-4-15(10-16(21)11-25)24-28-23(29-32-24)18-5-6-19-17(14(18)3)8-9-27-22(19)20(30)12-26/h4-7,10,13,22,27H,8-9,12,26H2,1-3H3. The summed E-state index contributed by atoms with van der Waals surface area (Å²) < 4.78 is 11.2. The highest BCUT2D eigenvalue weighted by molar-refractivity contribution is 5.88. The van der Waals surface area contributed by atoms with E-state index in [1.807, 2.05) is 32.9 Å². The molecule has 0 saturated carbocycles. The molecule has 1 aliphatic heterocycles. The maximum absolute atomic E-state index is 12.2. The minimum Gasteiger partial charge on any atom is -0.490 e. The number of ketones is 1. The molecule has 0 aliphatic carbocycles. The van der Waals surface area contributed by atoms with Crippen LogP contribution < -0.4 is 15.8 Å². The van der Waals surface area contributed by atoms with Crippen LogP contribution in [0.2, 0.25) is 0 Å². The maximum atomic E-state index is 12.2. The van der Waals surface area contributed by atoms with Gasteiger partial charge >= 0.3 is 0 Å². The van der Waals surface area contributed by atoms with Gasteiger partial charge in [-0.1, -0.05) is 17.3 Å². The third kappa shape index (κ3) is 4.00. The van der Waals surface area contributed by atoms with Crippen molar-refractivity contribution < 1.29 is 14.1 Å². The molecule has 164 valence electrons. The predicted octanol–water partition coefficient (Wildman–Crippen LogP) is 3.09. The van der Waals surface area contributed by atoms with Gasteiger partial charge in [0.15, 0.2) is 5.78 Å². The van der Waals surface area contributed by atoms with E-state index in [1.165, 1.54) is 0 Å². The van der Waals surface area contributed by atoms with Crippen LogP contribution in [0.25, 0.3) is 22.8 Å². The first-order valence-electron chi connectivity index (χ1n) is 10.6. The summed E-state index contributed by atoms with van der Waals surface area (Å²) in [7, 11) is 0. The molecule has 8 heteroatoms. The smallest absolute Gasteiger partial charge is 0.258 e. The Kier molecular flexibility index (Phi) is 6.04. The van der Waals surface area contributed by atoms with Crippen molar-refractivity contribution in [1.29, 1.82) is 5.26 Å². The number of hydrogen-bond donors (Lipinski definition) is 2. The zero-order valence-electron chi connectivity index (χ0n) is 18.3. The molecule has 1 atom stereocenters. The number of nitrogens with two attached hydrogens (primary N) is 1. The first-order chi connectivity index (χ1) is 15.4. The molecule has 4 rings (SSSR count). The second-order valence-corrected chi connectivity index (χ2v) is 8.03. The van der Waals surface area contributed by atoms with Crippen LogP contribution in [0.3, 0.4) is 0 Å². The number of fused-ring (bicyclic) bond motifs is 1. The van der Waals surface area contributed by atoms with E-state index in [-0.39, 0.29) is 24.5 Å². The molecule has 3 N–H and O–H groups in total. The van der Waals surface area contributed by atoms with Crippen molar-refractivity contribution in [2.75, 3.05) is 13.1 Å². The Morgan fingerprint density at radius 3 is 2.91 bits per heavy atom. The van der Waals surface area contributed by atoms with Crippen molar-refractivity contribution in [3.63, 3.8) is 0 Å². The molecule has 0 radical (unpaired) electrons. The van der Waals surface area contributed by atoms with E-state index in [0.29, 0.717) is 35.1 Å². The van der Waals surface area contributed by atoms with E-state index in [2.05, 4.69) is 21.5 Å². The molecule has 0 fully saturated rings. The number of nitrogens with zero attached hydrogens (tertiary/aromatic N) is 3. The second kappa shape index (κ2) is 8.91. The molecule has 8 nitrogen and oxygen atoms in total. The average Bonchev–Trinajstić information content (AvgIpc) is 3.28. The van der Waals surface area contributed by atoms with Crippen LogP contribution in [0.4, 0.5) is 0 Å².